The monoisotopic (exact) mass is 206 g/mol. The first kappa shape index (κ1) is 11.7. The predicted molar refractivity (Wildman–Crippen MR) is 61.1 cm³/mol. The van der Waals surface area contributed by atoms with Crippen molar-refractivity contribution in [1.29, 1.82) is 0 Å². The third-order valence-electron chi connectivity index (χ3n) is 2.33. The number of amides is 1. The first-order valence-corrected chi connectivity index (χ1v) is 5.16. The molecule has 0 atom stereocenters. The summed E-state index contributed by atoms with van der Waals surface area (Å²) in [5.74, 6) is 5.31. The van der Waals surface area contributed by atoms with E-state index in [4.69, 9.17) is 5.84 Å². The van der Waals surface area contributed by atoms with E-state index in [1.807, 2.05) is 6.07 Å². The van der Waals surface area contributed by atoms with Crippen LogP contribution in [0.15, 0.2) is 24.3 Å². The Balaban J connectivity index is 2.35. The lowest BCUT2D eigenvalue weighted by Gasteiger charge is -2.09. The van der Waals surface area contributed by atoms with Crippen molar-refractivity contribution in [3.63, 3.8) is 0 Å². The highest BCUT2D eigenvalue weighted by Crippen LogP contribution is 2.08. The van der Waals surface area contributed by atoms with Gasteiger partial charge < -0.3 is 0 Å². The minimum atomic E-state index is -0.0114. The second-order valence-electron chi connectivity index (χ2n) is 3.85. The summed E-state index contributed by atoms with van der Waals surface area (Å²) >= 11 is 0. The lowest BCUT2D eigenvalue weighted by atomic mass is 10.1. The minimum absolute atomic E-state index is 0.0114. The van der Waals surface area contributed by atoms with Crippen LogP contribution in [0.3, 0.4) is 0 Å². The molecule has 0 aromatic heterocycles. The Kier molecular flexibility index (Phi) is 4.31. The highest BCUT2D eigenvalue weighted by atomic mass is 16.2. The number of nitrogens with zero attached hydrogens (tertiary/aromatic N) is 1. The van der Waals surface area contributed by atoms with E-state index in [1.165, 1.54) is 11.1 Å². The number of aryl methyl sites for hydroxylation is 2. The fraction of sp³-hybridized carbons (Fsp3) is 0.417. The largest absolute Gasteiger partial charge is 0.284 e. The van der Waals surface area contributed by atoms with Gasteiger partial charge in [0.1, 0.15) is 0 Å². The Bertz CT molecular complexity index is 334. The number of carbonyl (C=O) groups excluding carboxylic acids is 1. The molecule has 1 aromatic rings. The molecule has 0 bridgehead atoms. The van der Waals surface area contributed by atoms with Crippen LogP contribution < -0.4 is 5.84 Å². The van der Waals surface area contributed by atoms with Crippen LogP contribution in [0, 0.1) is 6.92 Å². The van der Waals surface area contributed by atoms with Crippen LogP contribution in [0.2, 0.25) is 0 Å². The fourth-order valence-electron chi connectivity index (χ4n) is 1.49. The van der Waals surface area contributed by atoms with Gasteiger partial charge in [0.2, 0.25) is 5.91 Å². The van der Waals surface area contributed by atoms with Gasteiger partial charge >= 0.3 is 0 Å². The van der Waals surface area contributed by atoms with Gasteiger partial charge in [-0.25, -0.2) is 5.84 Å². The van der Waals surface area contributed by atoms with Gasteiger partial charge in [-0.15, -0.1) is 0 Å². The van der Waals surface area contributed by atoms with Crippen LogP contribution in [0.5, 0.6) is 0 Å². The van der Waals surface area contributed by atoms with Gasteiger partial charge in [0, 0.05) is 13.5 Å². The molecule has 0 fully saturated rings. The van der Waals surface area contributed by atoms with E-state index in [9.17, 15) is 4.79 Å². The van der Waals surface area contributed by atoms with Crippen molar-refractivity contribution >= 4 is 5.91 Å². The lowest BCUT2D eigenvalue weighted by Crippen LogP contribution is -2.32. The molecule has 0 radical (unpaired) electrons. The Morgan fingerprint density at radius 3 is 2.80 bits per heavy atom. The van der Waals surface area contributed by atoms with Crippen molar-refractivity contribution in [3.05, 3.63) is 35.4 Å². The fourth-order valence-corrected chi connectivity index (χ4v) is 1.49. The number of carbonyl (C=O) groups is 1. The highest BCUT2D eigenvalue weighted by molar-refractivity contribution is 5.75. The van der Waals surface area contributed by atoms with E-state index in [0.29, 0.717) is 6.42 Å². The summed E-state index contributed by atoms with van der Waals surface area (Å²) in [7, 11) is 1.58. The van der Waals surface area contributed by atoms with Gasteiger partial charge in [0.15, 0.2) is 0 Å². The molecule has 3 nitrogen and oxygen atoms in total. The van der Waals surface area contributed by atoms with Gasteiger partial charge in [0.05, 0.1) is 0 Å². The van der Waals surface area contributed by atoms with Crippen LogP contribution in [0.25, 0.3) is 0 Å². The standard InChI is InChI=1S/C12H18N2O/c1-10-5-3-6-11(9-10)7-4-8-12(15)14(2)13/h3,5-6,9H,4,7-8,13H2,1-2H3. The molecule has 1 aromatic carbocycles. The predicted octanol–water partition coefficient (Wildman–Crippen LogP) is 1.65. The molecular weight excluding hydrogens is 188 g/mol. The summed E-state index contributed by atoms with van der Waals surface area (Å²) in [4.78, 5) is 11.2. The molecule has 0 aliphatic carbocycles. The minimum Gasteiger partial charge on any atom is -0.284 e. The van der Waals surface area contributed by atoms with E-state index in [0.717, 1.165) is 17.9 Å². The van der Waals surface area contributed by atoms with Crippen molar-refractivity contribution < 1.29 is 4.79 Å². The lowest BCUT2D eigenvalue weighted by molar-refractivity contribution is -0.130. The van der Waals surface area contributed by atoms with Gasteiger partial charge in [0.25, 0.3) is 0 Å². The van der Waals surface area contributed by atoms with E-state index in [2.05, 4.69) is 25.1 Å². The van der Waals surface area contributed by atoms with Gasteiger partial charge in [-0.3, -0.25) is 9.80 Å². The average molecular weight is 206 g/mol. The first-order valence-electron chi connectivity index (χ1n) is 5.16. The number of nitrogens with two attached hydrogens (primary N) is 1. The number of hydrazine groups is 1. The Morgan fingerprint density at radius 1 is 1.47 bits per heavy atom. The smallest absolute Gasteiger partial charge is 0.236 e. The van der Waals surface area contributed by atoms with Crippen LogP contribution in [-0.4, -0.2) is 18.0 Å². The van der Waals surface area contributed by atoms with Gasteiger partial charge in [-0.1, -0.05) is 29.8 Å². The van der Waals surface area contributed by atoms with Gasteiger partial charge in [-0.2, -0.15) is 0 Å². The molecule has 0 heterocycles. The van der Waals surface area contributed by atoms with Crippen LogP contribution in [0.1, 0.15) is 24.0 Å². The summed E-state index contributed by atoms with van der Waals surface area (Å²) in [6.07, 6.45) is 2.30. The second kappa shape index (κ2) is 5.51. The molecule has 0 saturated heterocycles. The Morgan fingerprint density at radius 2 is 2.20 bits per heavy atom. The van der Waals surface area contributed by atoms with Crippen molar-refractivity contribution in [1.82, 2.24) is 5.01 Å². The zero-order valence-electron chi connectivity index (χ0n) is 9.36. The molecule has 15 heavy (non-hydrogen) atoms. The Hall–Kier alpha value is -1.35. The zero-order valence-corrected chi connectivity index (χ0v) is 9.36. The number of rotatable bonds is 4. The molecule has 0 aliphatic heterocycles. The summed E-state index contributed by atoms with van der Waals surface area (Å²) in [6, 6.07) is 8.35. The molecular formula is C12H18N2O. The van der Waals surface area contributed by atoms with Crippen molar-refractivity contribution in [2.45, 2.75) is 26.2 Å². The second-order valence-corrected chi connectivity index (χ2v) is 3.85. The molecule has 0 aliphatic rings. The number of benzene rings is 1. The maximum atomic E-state index is 11.2. The van der Waals surface area contributed by atoms with Crippen molar-refractivity contribution in [2.75, 3.05) is 7.05 Å². The van der Waals surface area contributed by atoms with Crippen LogP contribution in [0.4, 0.5) is 0 Å². The van der Waals surface area contributed by atoms with Crippen molar-refractivity contribution in [2.24, 2.45) is 5.84 Å². The SMILES string of the molecule is Cc1cccc(CCCC(=O)N(C)N)c1. The first-order chi connectivity index (χ1) is 7.09. The average Bonchev–Trinajstić information content (AvgIpc) is 2.17. The number of hydrogen-bond acceptors (Lipinski definition) is 2. The van der Waals surface area contributed by atoms with E-state index in [1.54, 1.807) is 7.05 Å². The number of hydrogen-bond donors (Lipinski definition) is 1. The molecule has 3 heteroatoms. The molecule has 0 spiro atoms. The summed E-state index contributed by atoms with van der Waals surface area (Å²) in [6.45, 7) is 2.07. The van der Waals surface area contributed by atoms with Crippen LogP contribution >= 0.6 is 0 Å². The molecule has 2 N–H and O–H groups in total. The molecule has 1 rings (SSSR count). The van der Waals surface area contributed by atoms with Gasteiger partial charge in [-0.05, 0) is 25.3 Å². The third-order valence-corrected chi connectivity index (χ3v) is 2.33. The maximum Gasteiger partial charge on any atom is 0.236 e. The molecule has 1 amide bonds. The molecule has 0 saturated carbocycles. The Labute approximate surface area is 90.9 Å². The van der Waals surface area contributed by atoms with Crippen LogP contribution in [-0.2, 0) is 11.2 Å². The van der Waals surface area contributed by atoms with E-state index < -0.39 is 0 Å². The van der Waals surface area contributed by atoms with E-state index in [-0.39, 0.29) is 5.91 Å². The maximum absolute atomic E-state index is 11.2. The topological polar surface area (TPSA) is 46.3 Å². The summed E-state index contributed by atoms with van der Waals surface area (Å²) in [5, 5.41) is 1.15. The quantitative estimate of drug-likeness (QED) is 0.462. The zero-order chi connectivity index (χ0) is 11.3. The van der Waals surface area contributed by atoms with E-state index >= 15 is 0 Å². The molecule has 82 valence electrons. The summed E-state index contributed by atoms with van der Waals surface area (Å²) < 4.78 is 0. The molecule has 0 unspecified atom stereocenters. The normalized spacial score (nSPS) is 10.1. The summed E-state index contributed by atoms with van der Waals surface area (Å²) in [5.41, 5.74) is 2.54. The van der Waals surface area contributed by atoms with Crippen molar-refractivity contribution in [3.8, 4) is 0 Å². The third kappa shape index (κ3) is 4.13. The highest BCUT2D eigenvalue weighted by Gasteiger charge is 2.03.